The van der Waals surface area contributed by atoms with E-state index >= 15 is 0 Å². The summed E-state index contributed by atoms with van der Waals surface area (Å²) in [5.74, 6) is 0.589. The number of fused-ring (bicyclic) bond motifs is 1. The monoisotopic (exact) mass is 247 g/mol. The van der Waals surface area contributed by atoms with E-state index < -0.39 is 5.97 Å². The van der Waals surface area contributed by atoms with E-state index in [1.165, 1.54) is 6.07 Å². The van der Waals surface area contributed by atoms with Crippen molar-refractivity contribution in [2.75, 3.05) is 6.79 Å². The number of ether oxygens (including phenoxy) is 2. The maximum Gasteiger partial charge on any atom is 0.358 e. The highest BCUT2D eigenvalue weighted by atomic mass is 16.7. The number of aromatic nitrogens is 1. The number of carboxylic acid groups (broad SMARTS) is 1. The van der Waals surface area contributed by atoms with Gasteiger partial charge in [0, 0.05) is 11.6 Å². The Bertz CT molecular complexity index is 631. The van der Waals surface area contributed by atoms with Crippen LogP contribution in [-0.4, -0.2) is 23.0 Å². The molecule has 0 saturated heterocycles. The second-order valence-corrected chi connectivity index (χ2v) is 3.91. The number of rotatable bonds is 2. The van der Waals surface area contributed by atoms with Crippen LogP contribution in [0.1, 0.15) is 16.1 Å². The summed E-state index contributed by atoms with van der Waals surface area (Å²) in [6.45, 7) is 2.07. The fourth-order valence-corrected chi connectivity index (χ4v) is 1.84. The van der Waals surface area contributed by atoms with Crippen LogP contribution in [0.3, 0.4) is 0 Å². The van der Waals surface area contributed by atoms with Crippen molar-refractivity contribution in [2.24, 2.45) is 0 Å². The summed E-state index contributed by atoms with van der Waals surface area (Å²) in [6, 6.07) is 4.94. The number of hydrogen-bond acceptors (Lipinski definition) is 5. The summed E-state index contributed by atoms with van der Waals surface area (Å²) in [6.07, 6.45) is 0. The first kappa shape index (κ1) is 10.6. The quantitative estimate of drug-likeness (QED) is 0.874. The molecule has 0 unspecified atom stereocenters. The van der Waals surface area contributed by atoms with Crippen LogP contribution in [0, 0.1) is 6.92 Å². The average Bonchev–Trinajstić information content (AvgIpc) is 2.97. The smallest absolute Gasteiger partial charge is 0.358 e. The fourth-order valence-electron chi connectivity index (χ4n) is 1.84. The second kappa shape index (κ2) is 3.76. The Kier molecular flexibility index (Phi) is 2.22. The van der Waals surface area contributed by atoms with Gasteiger partial charge in [-0.05, 0) is 24.6 Å². The van der Waals surface area contributed by atoms with Crippen LogP contribution in [0.15, 0.2) is 22.7 Å². The lowest BCUT2D eigenvalue weighted by Gasteiger charge is -2.02. The van der Waals surface area contributed by atoms with Crippen molar-refractivity contribution < 1.29 is 23.9 Å². The standard InChI is InChI=1S/C12H9NO5/c1-6-2-7(3-10-11(6)17-5-16-10)9-4-8(12(14)15)13-18-9/h2-4H,5H2,1H3,(H,14,15). The number of nitrogens with zero attached hydrogens (tertiary/aromatic N) is 1. The third-order valence-electron chi connectivity index (χ3n) is 2.67. The summed E-state index contributed by atoms with van der Waals surface area (Å²) < 4.78 is 15.6. The van der Waals surface area contributed by atoms with Gasteiger partial charge in [0.25, 0.3) is 0 Å². The van der Waals surface area contributed by atoms with E-state index in [0.717, 1.165) is 5.56 Å². The van der Waals surface area contributed by atoms with E-state index in [0.29, 0.717) is 22.8 Å². The number of carbonyl (C=O) groups is 1. The average molecular weight is 247 g/mol. The largest absolute Gasteiger partial charge is 0.476 e. The predicted octanol–water partition coefficient (Wildman–Crippen LogP) is 2.08. The van der Waals surface area contributed by atoms with Gasteiger partial charge in [0.15, 0.2) is 23.0 Å². The molecule has 92 valence electrons. The first-order valence-corrected chi connectivity index (χ1v) is 5.26. The number of aryl methyl sites for hydroxylation is 1. The molecule has 0 atom stereocenters. The number of benzene rings is 1. The van der Waals surface area contributed by atoms with Crippen LogP contribution in [-0.2, 0) is 0 Å². The second-order valence-electron chi connectivity index (χ2n) is 3.91. The summed E-state index contributed by atoms with van der Waals surface area (Å²) >= 11 is 0. The van der Waals surface area contributed by atoms with Crippen LogP contribution in [0.4, 0.5) is 0 Å². The zero-order valence-corrected chi connectivity index (χ0v) is 9.47. The van der Waals surface area contributed by atoms with E-state index in [4.69, 9.17) is 19.1 Å². The molecule has 3 rings (SSSR count). The predicted molar refractivity (Wildman–Crippen MR) is 59.8 cm³/mol. The van der Waals surface area contributed by atoms with Gasteiger partial charge in [-0.15, -0.1) is 0 Å². The third-order valence-corrected chi connectivity index (χ3v) is 2.67. The number of aromatic carboxylic acids is 1. The van der Waals surface area contributed by atoms with Gasteiger partial charge in [-0.2, -0.15) is 0 Å². The number of carboxylic acids is 1. The van der Waals surface area contributed by atoms with E-state index in [1.807, 2.05) is 13.0 Å². The maximum absolute atomic E-state index is 10.7. The minimum atomic E-state index is -1.12. The Balaban J connectivity index is 2.06. The fraction of sp³-hybridized carbons (Fsp3) is 0.167. The van der Waals surface area contributed by atoms with Crippen LogP contribution < -0.4 is 9.47 Å². The van der Waals surface area contributed by atoms with Crippen molar-refractivity contribution >= 4 is 5.97 Å². The summed E-state index contributed by atoms with van der Waals surface area (Å²) in [5.41, 5.74) is 1.48. The molecule has 0 radical (unpaired) electrons. The van der Waals surface area contributed by atoms with Crippen LogP contribution in [0.5, 0.6) is 11.5 Å². The van der Waals surface area contributed by atoms with Crippen LogP contribution >= 0.6 is 0 Å². The normalized spacial score (nSPS) is 12.7. The molecule has 2 aromatic rings. The molecule has 18 heavy (non-hydrogen) atoms. The van der Waals surface area contributed by atoms with Gasteiger partial charge in [0.2, 0.25) is 6.79 Å². The zero-order chi connectivity index (χ0) is 12.7. The van der Waals surface area contributed by atoms with Crippen molar-refractivity contribution in [1.29, 1.82) is 0 Å². The van der Waals surface area contributed by atoms with Crippen LogP contribution in [0.25, 0.3) is 11.3 Å². The minimum Gasteiger partial charge on any atom is -0.476 e. The molecule has 1 aromatic carbocycles. The zero-order valence-electron chi connectivity index (χ0n) is 9.47. The molecule has 0 saturated carbocycles. The summed E-state index contributed by atoms with van der Waals surface area (Å²) in [7, 11) is 0. The Morgan fingerprint density at radius 2 is 2.17 bits per heavy atom. The van der Waals surface area contributed by atoms with Gasteiger partial charge in [-0.1, -0.05) is 5.16 Å². The Labute approximate surface area is 102 Å². The minimum absolute atomic E-state index is 0.125. The first-order chi connectivity index (χ1) is 8.65. The SMILES string of the molecule is Cc1cc(-c2cc(C(=O)O)no2)cc2c1OCO2. The van der Waals surface area contributed by atoms with Crippen molar-refractivity contribution in [1.82, 2.24) is 5.16 Å². The molecule has 0 bridgehead atoms. The summed E-state index contributed by atoms with van der Waals surface area (Å²) in [4.78, 5) is 10.7. The molecule has 2 heterocycles. The number of hydrogen-bond donors (Lipinski definition) is 1. The lowest BCUT2D eigenvalue weighted by atomic mass is 10.1. The third kappa shape index (κ3) is 1.58. The van der Waals surface area contributed by atoms with Crippen molar-refractivity contribution in [3.05, 3.63) is 29.5 Å². The van der Waals surface area contributed by atoms with Gasteiger partial charge in [-0.3, -0.25) is 0 Å². The molecule has 0 aliphatic carbocycles. The molecule has 1 aliphatic rings. The maximum atomic E-state index is 10.7. The van der Waals surface area contributed by atoms with Gasteiger partial charge >= 0.3 is 5.97 Å². The molecule has 0 amide bonds. The van der Waals surface area contributed by atoms with E-state index in [-0.39, 0.29) is 12.5 Å². The van der Waals surface area contributed by atoms with Gasteiger partial charge in [0.1, 0.15) is 0 Å². The van der Waals surface area contributed by atoms with Gasteiger partial charge in [0.05, 0.1) is 0 Å². The molecule has 1 aromatic heterocycles. The molecular formula is C12H9NO5. The Morgan fingerprint density at radius 3 is 2.89 bits per heavy atom. The summed E-state index contributed by atoms with van der Waals surface area (Å²) in [5, 5.41) is 12.3. The van der Waals surface area contributed by atoms with Gasteiger partial charge in [-0.25, -0.2) is 4.79 Å². The van der Waals surface area contributed by atoms with Gasteiger partial charge < -0.3 is 19.1 Å². The van der Waals surface area contributed by atoms with Crippen molar-refractivity contribution in [3.63, 3.8) is 0 Å². The van der Waals surface area contributed by atoms with E-state index in [1.54, 1.807) is 6.07 Å². The molecule has 1 N–H and O–H groups in total. The van der Waals surface area contributed by atoms with Crippen molar-refractivity contribution in [3.8, 4) is 22.8 Å². The first-order valence-electron chi connectivity index (χ1n) is 5.26. The molecule has 6 nitrogen and oxygen atoms in total. The topological polar surface area (TPSA) is 81.8 Å². The highest BCUT2D eigenvalue weighted by Gasteiger charge is 2.20. The highest BCUT2D eigenvalue weighted by Crippen LogP contribution is 2.39. The lowest BCUT2D eigenvalue weighted by molar-refractivity contribution is 0.0686. The lowest BCUT2D eigenvalue weighted by Crippen LogP contribution is -1.94. The molecule has 0 spiro atoms. The Morgan fingerprint density at radius 1 is 1.33 bits per heavy atom. The van der Waals surface area contributed by atoms with Crippen molar-refractivity contribution in [2.45, 2.75) is 6.92 Å². The molecular weight excluding hydrogens is 238 g/mol. The van der Waals surface area contributed by atoms with E-state index in [2.05, 4.69) is 5.16 Å². The molecule has 6 heteroatoms. The Hall–Kier alpha value is -2.50. The highest BCUT2D eigenvalue weighted by molar-refractivity contribution is 5.86. The van der Waals surface area contributed by atoms with Crippen LogP contribution in [0.2, 0.25) is 0 Å². The molecule has 1 aliphatic heterocycles. The van der Waals surface area contributed by atoms with E-state index in [9.17, 15) is 4.79 Å². The molecule has 0 fully saturated rings.